The molecule has 1 aromatic rings. The van der Waals surface area contributed by atoms with Crippen molar-refractivity contribution in [3.63, 3.8) is 0 Å². The third-order valence-corrected chi connectivity index (χ3v) is 6.79. The average Bonchev–Trinajstić information content (AvgIpc) is 2.53. The van der Waals surface area contributed by atoms with Crippen molar-refractivity contribution in [1.82, 2.24) is 9.21 Å². The van der Waals surface area contributed by atoms with Gasteiger partial charge in [-0.25, -0.2) is 12.7 Å². The van der Waals surface area contributed by atoms with Crippen LogP contribution in [0.15, 0.2) is 24.3 Å². The van der Waals surface area contributed by atoms with E-state index in [1.807, 2.05) is 0 Å². The molecule has 0 radical (unpaired) electrons. The number of hydrogen-bond donors (Lipinski definition) is 0. The lowest BCUT2D eigenvalue weighted by atomic mass is 9.99. The van der Waals surface area contributed by atoms with E-state index in [-0.39, 0.29) is 11.8 Å². The topological polar surface area (TPSA) is 40.6 Å². The van der Waals surface area contributed by atoms with Gasteiger partial charge in [0.2, 0.25) is 10.0 Å². The maximum absolute atomic E-state index is 12.0. The van der Waals surface area contributed by atoms with Crippen molar-refractivity contribution in [2.24, 2.45) is 0 Å². The van der Waals surface area contributed by atoms with Crippen molar-refractivity contribution in [3.05, 3.63) is 35.4 Å². The van der Waals surface area contributed by atoms with Gasteiger partial charge in [-0.3, -0.25) is 4.90 Å². The zero-order chi connectivity index (χ0) is 16.3. The van der Waals surface area contributed by atoms with E-state index < -0.39 is 10.0 Å². The number of benzene rings is 1. The Morgan fingerprint density at radius 2 is 1.95 bits per heavy atom. The highest BCUT2D eigenvalue weighted by Crippen LogP contribution is 2.26. The number of sulfonamides is 1. The number of piperidine rings is 1. The molecule has 1 aromatic carbocycles. The molecule has 5 heteroatoms. The van der Waals surface area contributed by atoms with Crippen LogP contribution in [0.25, 0.3) is 0 Å². The third-order valence-electron chi connectivity index (χ3n) is 4.89. The summed E-state index contributed by atoms with van der Waals surface area (Å²) in [4.78, 5) is 2.46. The Bertz CT molecular complexity index is 592. The minimum Gasteiger partial charge on any atom is -0.296 e. The van der Waals surface area contributed by atoms with Gasteiger partial charge in [0.25, 0.3) is 0 Å². The molecule has 0 saturated carbocycles. The minimum absolute atomic E-state index is 0.144. The molecule has 0 unspecified atom stereocenters. The summed E-state index contributed by atoms with van der Waals surface area (Å²) in [5.74, 6) is 0.184. The first-order valence-corrected chi connectivity index (χ1v) is 9.72. The highest BCUT2D eigenvalue weighted by molar-refractivity contribution is 7.89. The molecule has 1 aliphatic heterocycles. The molecule has 0 bridgehead atoms. The Morgan fingerprint density at radius 1 is 1.32 bits per heavy atom. The molecule has 1 saturated heterocycles. The van der Waals surface area contributed by atoms with Crippen LogP contribution in [-0.2, 0) is 10.0 Å². The number of likely N-dealkylation sites (tertiary alicyclic amines) is 1. The van der Waals surface area contributed by atoms with Gasteiger partial charge in [0.1, 0.15) is 0 Å². The third kappa shape index (κ3) is 3.89. The lowest BCUT2D eigenvalue weighted by Crippen LogP contribution is -2.46. The summed E-state index contributed by atoms with van der Waals surface area (Å²) in [5, 5.41) is 0. The molecule has 2 rings (SSSR count). The van der Waals surface area contributed by atoms with E-state index in [9.17, 15) is 8.42 Å². The van der Waals surface area contributed by atoms with Gasteiger partial charge in [0.05, 0.1) is 5.75 Å². The van der Waals surface area contributed by atoms with Crippen LogP contribution in [0.4, 0.5) is 0 Å². The molecule has 22 heavy (non-hydrogen) atoms. The molecule has 1 fully saturated rings. The molecular formula is C17H28N2O2S. The van der Waals surface area contributed by atoms with Crippen molar-refractivity contribution < 1.29 is 8.42 Å². The second kappa shape index (κ2) is 7.11. The average molecular weight is 324 g/mol. The molecule has 1 heterocycles. The standard InChI is InChI=1S/C17H28N2O2S/c1-5-22(20,21)18(4)17-9-11-19(12-10-17)15(3)16-8-6-7-14(2)13-16/h6-8,13,15,17H,5,9-12H2,1-4H3/t15-/m0/s1. The van der Waals surface area contributed by atoms with Crippen molar-refractivity contribution >= 4 is 10.0 Å². The van der Waals surface area contributed by atoms with Crippen molar-refractivity contribution in [2.75, 3.05) is 25.9 Å². The Labute approximate surface area is 135 Å². The van der Waals surface area contributed by atoms with Gasteiger partial charge in [-0.15, -0.1) is 0 Å². The molecule has 124 valence electrons. The first-order chi connectivity index (χ1) is 10.3. The lowest BCUT2D eigenvalue weighted by molar-refractivity contribution is 0.133. The van der Waals surface area contributed by atoms with Crippen molar-refractivity contribution in [3.8, 4) is 0 Å². The lowest BCUT2D eigenvalue weighted by Gasteiger charge is -2.39. The SMILES string of the molecule is CCS(=O)(=O)N(C)C1CCN([C@@H](C)c2cccc(C)c2)CC1. The molecule has 0 amide bonds. The Balaban J connectivity index is 1.97. The highest BCUT2D eigenvalue weighted by atomic mass is 32.2. The van der Waals surface area contributed by atoms with E-state index >= 15 is 0 Å². The predicted molar refractivity (Wildman–Crippen MR) is 91.4 cm³/mol. The molecular weight excluding hydrogens is 296 g/mol. The smallest absolute Gasteiger partial charge is 0.213 e. The maximum Gasteiger partial charge on any atom is 0.213 e. The van der Waals surface area contributed by atoms with Gasteiger partial charge >= 0.3 is 0 Å². The van der Waals surface area contributed by atoms with Gasteiger partial charge in [-0.2, -0.15) is 0 Å². The van der Waals surface area contributed by atoms with Crippen LogP contribution in [-0.4, -0.2) is 49.6 Å². The van der Waals surface area contributed by atoms with E-state index in [0.29, 0.717) is 6.04 Å². The first kappa shape index (κ1) is 17.4. The number of rotatable bonds is 5. The van der Waals surface area contributed by atoms with Crippen LogP contribution in [0.3, 0.4) is 0 Å². The first-order valence-electron chi connectivity index (χ1n) is 8.11. The fraction of sp³-hybridized carbons (Fsp3) is 0.647. The van der Waals surface area contributed by atoms with E-state index in [0.717, 1.165) is 25.9 Å². The molecule has 4 nitrogen and oxygen atoms in total. The van der Waals surface area contributed by atoms with Crippen molar-refractivity contribution in [2.45, 2.75) is 45.7 Å². The number of aryl methyl sites for hydroxylation is 1. The normalized spacial score (nSPS) is 19.5. The van der Waals surface area contributed by atoms with E-state index in [2.05, 4.69) is 43.0 Å². The summed E-state index contributed by atoms with van der Waals surface area (Å²) in [6.07, 6.45) is 1.82. The minimum atomic E-state index is -3.08. The Hall–Kier alpha value is -0.910. The molecule has 1 atom stereocenters. The number of hydrogen-bond acceptors (Lipinski definition) is 3. The van der Waals surface area contributed by atoms with Crippen molar-refractivity contribution in [1.29, 1.82) is 0 Å². The van der Waals surface area contributed by atoms with Crippen LogP contribution < -0.4 is 0 Å². The van der Waals surface area contributed by atoms with Gasteiger partial charge in [-0.1, -0.05) is 29.8 Å². The second-order valence-electron chi connectivity index (χ2n) is 6.27. The van der Waals surface area contributed by atoms with E-state index in [1.165, 1.54) is 11.1 Å². The Kier molecular flexibility index (Phi) is 5.64. The largest absolute Gasteiger partial charge is 0.296 e. The highest BCUT2D eigenvalue weighted by Gasteiger charge is 2.30. The number of nitrogens with zero attached hydrogens (tertiary/aromatic N) is 2. The van der Waals surface area contributed by atoms with Crippen LogP contribution >= 0.6 is 0 Å². The zero-order valence-electron chi connectivity index (χ0n) is 14.1. The molecule has 1 aliphatic rings. The van der Waals surface area contributed by atoms with E-state index in [4.69, 9.17) is 0 Å². The zero-order valence-corrected chi connectivity index (χ0v) is 14.9. The molecule has 0 spiro atoms. The summed E-state index contributed by atoms with van der Waals surface area (Å²) < 4.78 is 25.6. The fourth-order valence-electron chi connectivity index (χ4n) is 3.21. The van der Waals surface area contributed by atoms with Crippen LogP contribution in [0.2, 0.25) is 0 Å². The monoisotopic (exact) mass is 324 g/mol. The quantitative estimate of drug-likeness (QED) is 0.836. The van der Waals surface area contributed by atoms with Crippen LogP contribution in [0.5, 0.6) is 0 Å². The molecule has 0 N–H and O–H groups in total. The summed E-state index contributed by atoms with van der Waals surface area (Å²) in [6, 6.07) is 9.17. The summed E-state index contributed by atoms with van der Waals surface area (Å²) in [6.45, 7) is 7.96. The van der Waals surface area contributed by atoms with Crippen LogP contribution in [0.1, 0.15) is 43.9 Å². The predicted octanol–water partition coefficient (Wildman–Crippen LogP) is 2.80. The van der Waals surface area contributed by atoms with Gasteiger partial charge < -0.3 is 0 Å². The summed E-state index contributed by atoms with van der Waals surface area (Å²) >= 11 is 0. The summed E-state index contributed by atoms with van der Waals surface area (Å²) in [7, 11) is -1.35. The van der Waals surface area contributed by atoms with Gasteiger partial charge in [-0.05, 0) is 39.2 Å². The molecule has 0 aromatic heterocycles. The summed E-state index contributed by atoms with van der Waals surface area (Å²) in [5.41, 5.74) is 2.63. The molecule has 0 aliphatic carbocycles. The Morgan fingerprint density at radius 3 is 2.50 bits per heavy atom. The maximum atomic E-state index is 12.0. The van der Waals surface area contributed by atoms with Gasteiger partial charge in [0.15, 0.2) is 0 Å². The second-order valence-corrected chi connectivity index (χ2v) is 8.59. The van der Waals surface area contributed by atoms with Crippen LogP contribution in [0, 0.1) is 6.92 Å². The van der Waals surface area contributed by atoms with E-state index in [1.54, 1.807) is 18.3 Å². The fourth-order valence-corrected chi connectivity index (χ4v) is 4.28. The van der Waals surface area contributed by atoms with Gasteiger partial charge in [0, 0.05) is 32.2 Å².